The van der Waals surface area contributed by atoms with Gasteiger partial charge < -0.3 is 14.8 Å². The van der Waals surface area contributed by atoms with Gasteiger partial charge in [0, 0.05) is 5.56 Å². The van der Waals surface area contributed by atoms with Crippen molar-refractivity contribution < 1.29 is 19.1 Å². The van der Waals surface area contributed by atoms with E-state index < -0.39 is 6.04 Å². The second kappa shape index (κ2) is 13.0. The minimum atomic E-state index is -0.609. The van der Waals surface area contributed by atoms with E-state index in [4.69, 9.17) is 9.47 Å². The average Bonchev–Trinajstić information content (AvgIpc) is 2.86. The Balaban J connectivity index is 1.52. The largest absolute Gasteiger partial charge is 0.489 e. The molecule has 0 aromatic heterocycles. The predicted molar refractivity (Wildman–Crippen MR) is 130 cm³/mol. The summed E-state index contributed by atoms with van der Waals surface area (Å²) in [5.41, 5.74) is 2.96. The number of methoxy groups -OCH3 is 1. The summed E-state index contributed by atoms with van der Waals surface area (Å²) in [6.07, 6.45) is 10.0. The Labute approximate surface area is 197 Å². The molecule has 33 heavy (non-hydrogen) atoms. The van der Waals surface area contributed by atoms with Gasteiger partial charge in [-0.05, 0) is 60.6 Å². The Morgan fingerprint density at radius 2 is 1.64 bits per heavy atom. The lowest BCUT2D eigenvalue weighted by atomic mass is 9.85. The third-order valence-corrected chi connectivity index (χ3v) is 6.45. The predicted octanol–water partition coefficient (Wildman–Crippen LogP) is 5.85. The van der Waals surface area contributed by atoms with Crippen LogP contribution in [0.2, 0.25) is 0 Å². The number of amides is 1. The molecule has 1 aliphatic carbocycles. The molecule has 0 spiro atoms. The fourth-order valence-corrected chi connectivity index (χ4v) is 4.41. The second-order valence-corrected chi connectivity index (χ2v) is 9.02. The SMILES string of the molecule is CCCCc1ccc(COc2ccc(C(=O)NC(CC3CCCCC3)C(=O)OC)cc2)cc1. The van der Waals surface area contributed by atoms with E-state index in [2.05, 4.69) is 36.5 Å². The van der Waals surface area contributed by atoms with Crippen LogP contribution in [0.5, 0.6) is 5.75 Å². The van der Waals surface area contributed by atoms with Gasteiger partial charge in [-0.2, -0.15) is 0 Å². The number of esters is 1. The minimum Gasteiger partial charge on any atom is -0.489 e. The molecule has 5 nitrogen and oxygen atoms in total. The maximum Gasteiger partial charge on any atom is 0.328 e. The monoisotopic (exact) mass is 451 g/mol. The molecule has 1 unspecified atom stereocenters. The third-order valence-electron chi connectivity index (χ3n) is 6.45. The molecular weight excluding hydrogens is 414 g/mol. The average molecular weight is 452 g/mol. The Morgan fingerprint density at radius 3 is 2.27 bits per heavy atom. The number of nitrogens with one attached hydrogen (secondary N) is 1. The molecule has 1 amide bonds. The van der Waals surface area contributed by atoms with E-state index in [0.717, 1.165) is 24.8 Å². The Bertz CT molecular complexity index is 870. The highest BCUT2D eigenvalue weighted by Crippen LogP contribution is 2.27. The first-order valence-corrected chi connectivity index (χ1v) is 12.3. The summed E-state index contributed by atoms with van der Waals surface area (Å²) in [5, 5.41) is 2.87. The van der Waals surface area contributed by atoms with Crippen LogP contribution in [0.3, 0.4) is 0 Å². The maximum atomic E-state index is 12.8. The smallest absolute Gasteiger partial charge is 0.328 e. The van der Waals surface area contributed by atoms with Gasteiger partial charge in [0.05, 0.1) is 7.11 Å². The molecule has 1 fully saturated rings. The van der Waals surface area contributed by atoms with E-state index in [-0.39, 0.29) is 11.9 Å². The molecule has 0 heterocycles. The van der Waals surface area contributed by atoms with E-state index in [9.17, 15) is 9.59 Å². The fraction of sp³-hybridized carbons (Fsp3) is 0.500. The zero-order valence-corrected chi connectivity index (χ0v) is 20.0. The molecule has 0 aliphatic heterocycles. The van der Waals surface area contributed by atoms with E-state index >= 15 is 0 Å². The quantitative estimate of drug-likeness (QED) is 0.435. The summed E-state index contributed by atoms with van der Waals surface area (Å²) in [7, 11) is 1.37. The number of rotatable bonds is 11. The van der Waals surface area contributed by atoms with Gasteiger partial charge in [-0.25, -0.2) is 4.79 Å². The molecule has 2 aromatic carbocycles. The van der Waals surface area contributed by atoms with Crippen molar-refractivity contribution in [2.24, 2.45) is 5.92 Å². The molecule has 0 saturated heterocycles. The van der Waals surface area contributed by atoms with Crippen molar-refractivity contribution in [1.29, 1.82) is 0 Å². The first-order valence-electron chi connectivity index (χ1n) is 12.3. The lowest BCUT2D eigenvalue weighted by Crippen LogP contribution is -2.43. The van der Waals surface area contributed by atoms with Gasteiger partial charge in [-0.3, -0.25) is 4.79 Å². The number of carbonyl (C=O) groups excluding carboxylic acids is 2. The molecule has 0 radical (unpaired) electrons. The summed E-state index contributed by atoms with van der Waals surface area (Å²) in [6.45, 7) is 2.68. The maximum absolute atomic E-state index is 12.8. The van der Waals surface area contributed by atoms with Gasteiger partial charge in [0.2, 0.25) is 0 Å². The van der Waals surface area contributed by atoms with Crippen molar-refractivity contribution in [2.75, 3.05) is 7.11 Å². The molecule has 1 atom stereocenters. The molecule has 0 bridgehead atoms. The highest BCUT2D eigenvalue weighted by Gasteiger charge is 2.26. The van der Waals surface area contributed by atoms with Crippen molar-refractivity contribution in [1.82, 2.24) is 5.32 Å². The summed E-state index contributed by atoms with van der Waals surface area (Å²) in [6, 6.07) is 15.0. The Kier molecular flexibility index (Phi) is 9.79. The topological polar surface area (TPSA) is 64.6 Å². The summed E-state index contributed by atoms with van der Waals surface area (Å²) < 4.78 is 10.8. The number of hydrogen-bond donors (Lipinski definition) is 1. The van der Waals surface area contributed by atoms with E-state index in [1.54, 1.807) is 24.3 Å². The minimum absolute atomic E-state index is 0.268. The van der Waals surface area contributed by atoms with Gasteiger partial charge in [0.25, 0.3) is 5.91 Å². The van der Waals surface area contributed by atoms with Crippen molar-refractivity contribution in [3.05, 3.63) is 65.2 Å². The van der Waals surface area contributed by atoms with Crippen LogP contribution in [-0.2, 0) is 22.6 Å². The van der Waals surface area contributed by atoms with Crippen molar-refractivity contribution in [3.63, 3.8) is 0 Å². The van der Waals surface area contributed by atoms with Crippen molar-refractivity contribution in [3.8, 4) is 5.75 Å². The van der Waals surface area contributed by atoms with Crippen LogP contribution in [-0.4, -0.2) is 25.0 Å². The summed E-state index contributed by atoms with van der Waals surface area (Å²) in [4.78, 5) is 25.0. The van der Waals surface area contributed by atoms with Crippen LogP contribution in [0.4, 0.5) is 0 Å². The van der Waals surface area contributed by atoms with E-state index in [1.807, 2.05) is 0 Å². The number of carbonyl (C=O) groups is 2. The zero-order chi connectivity index (χ0) is 23.5. The second-order valence-electron chi connectivity index (χ2n) is 9.02. The van der Waals surface area contributed by atoms with E-state index in [0.29, 0.717) is 30.3 Å². The van der Waals surface area contributed by atoms with Crippen molar-refractivity contribution in [2.45, 2.75) is 77.4 Å². The lowest BCUT2D eigenvalue weighted by molar-refractivity contribution is -0.143. The molecule has 1 saturated carbocycles. The molecule has 178 valence electrons. The summed E-state index contributed by atoms with van der Waals surface area (Å²) >= 11 is 0. The molecule has 5 heteroatoms. The zero-order valence-electron chi connectivity index (χ0n) is 20.0. The standard InChI is InChI=1S/C28H37NO4/c1-3-4-8-21-11-13-23(14-12-21)20-33-25-17-15-24(16-18-25)27(30)29-26(28(31)32-2)19-22-9-6-5-7-10-22/h11-18,22,26H,3-10,19-20H2,1-2H3,(H,29,30). The van der Waals surface area contributed by atoms with Crippen LogP contribution in [0.15, 0.2) is 48.5 Å². The van der Waals surface area contributed by atoms with E-state index in [1.165, 1.54) is 44.8 Å². The number of aryl methyl sites for hydroxylation is 1. The fourth-order valence-electron chi connectivity index (χ4n) is 4.41. The Hall–Kier alpha value is -2.82. The number of ether oxygens (including phenoxy) is 2. The van der Waals surface area contributed by atoms with Gasteiger partial charge in [-0.1, -0.05) is 69.7 Å². The lowest BCUT2D eigenvalue weighted by Gasteiger charge is -2.25. The normalized spacial score (nSPS) is 15.0. The van der Waals surface area contributed by atoms with Crippen molar-refractivity contribution >= 4 is 11.9 Å². The van der Waals surface area contributed by atoms with Crippen LogP contribution in [0, 0.1) is 5.92 Å². The highest BCUT2D eigenvalue weighted by atomic mass is 16.5. The van der Waals surface area contributed by atoms with Crippen LogP contribution in [0.1, 0.15) is 79.8 Å². The molecule has 1 N–H and O–H groups in total. The van der Waals surface area contributed by atoms with Gasteiger partial charge in [-0.15, -0.1) is 0 Å². The van der Waals surface area contributed by atoms with Gasteiger partial charge in [0.1, 0.15) is 18.4 Å². The highest BCUT2D eigenvalue weighted by molar-refractivity contribution is 5.96. The third kappa shape index (κ3) is 7.92. The summed E-state index contributed by atoms with van der Waals surface area (Å²) in [5.74, 6) is 0.512. The number of benzene rings is 2. The first kappa shape index (κ1) is 24.8. The van der Waals surface area contributed by atoms with Crippen LogP contribution < -0.4 is 10.1 Å². The molecule has 3 rings (SSSR count). The first-order chi connectivity index (χ1) is 16.1. The molecule has 1 aliphatic rings. The van der Waals surface area contributed by atoms with Crippen LogP contribution >= 0.6 is 0 Å². The Morgan fingerprint density at radius 1 is 0.970 bits per heavy atom. The van der Waals surface area contributed by atoms with Gasteiger partial charge in [0.15, 0.2) is 0 Å². The van der Waals surface area contributed by atoms with Crippen LogP contribution in [0.25, 0.3) is 0 Å². The van der Waals surface area contributed by atoms with Gasteiger partial charge >= 0.3 is 5.97 Å². The number of unbranched alkanes of at least 4 members (excludes halogenated alkanes) is 1. The molecular formula is C28H37NO4. The molecule has 2 aromatic rings. The number of hydrogen-bond acceptors (Lipinski definition) is 4.